The SMILES string of the molecule is Cc1n[nH]c(C)c1NS(=O)(=O)c1ccc(C(C)N)cc1. The van der Waals surface area contributed by atoms with Crippen LogP contribution in [0.2, 0.25) is 0 Å². The Labute approximate surface area is 118 Å². The molecule has 1 aromatic carbocycles. The van der Waals surface area contributed by atoms with Crippen molar-refractivity contribution in [1.29, 1.82) is 0 Å². The molecule has 0 aliphatic carbocycles. The van der Waals surface area contributed by atoms with E-state index in [1.54, 1.807) is 38.1 Å². The van der Waals surface area contributed by atoms with Gasteiger partial charge in [-0.05, 0) is 38.5 Å². The molecule has 108 valence electrons. The van der Waals surface area contributed by atoms with Crippen LogP contribution in [0, 0.1) is 13.8 Å². The van der Waals surface area contributed by atoms with Crippen molar-refractivity contribution in [2.45, 2.75) is 31.7 Å². The lowest BCUT2D eigenvalue weighted by Crippen LogP contribution is -2.14. The fourth-order valence-electron chi connectivity index (χ4n) is 1.85. The number of aromatic nitrogens is 2. The van der Waals surface area contributed by atoms with E-state index in [1.807, 2.05) is 6.92 Å². The molecule has 1 aromatic heterocycles. The van der Waals surface area contributed by atoms with Crippen molar-refractivity contribution in [3.05, 3.63) is 41.2 Å². The summed E-state index contributed by atoms with van der Waals surface area (Å²) in [5, 5.41) is 6.70. The Bertz CT molecular complexity index is 683. The summed E-state index contributed by atoms with van der Waals surface area (Å²) < 4.78 is 27.1. The molecule has 1 unspecified atom stereocenters. The standard InChI is InChI=1S/C13H18N4O2S/c1-8(14)11-4-6-12(7-5-11)20(18,19)17-13-9(2)15-16-10(13)3/h4-8,17H,14H2,1-3H3,(H,15,16). The molecule has 2 rings (SSSR count). The minimum absolute atomic E-state index is 0.127. The van der Waals surface area contributed by atoms with Gasteiger partial charge in [0.05, 0.1) is 22.0 Å². The van der Waals surface area contributed by atoms with Crippen LogP contribution in [0.15, 0.2) is 29.2 Å². The fourth-order valence-corrected chi connectivity index (χ4v) is 3.03. The first-order valence-corrected chi connectivity index (χ1v) is 7.69. The number of anilines is 1. The molecule has 0 aliphatic heterocycles. The molecule has 6 nitrogen and oxygen atoms in total. The third-order valence-corrected chi connectivity index (χ3v) is 4.45. The van der Waals surface area contributed by atoms with Gasteiger partial charge in [-0.25, -0.2) is 8.42 Å². The van der Waals surface area contributed by atoms with Crippen molar-refractivity contribution < 1.29 is 8.42 Å². The molecule has 0 saturated carbocycles. The number of H-pyrrole nitrogens is 1. The largest absolute Gasteiger partial charge is 0.324 e. The van der Waals surface area contributed by atoms with Crippen molar-refractivity contribution >= 4 is 15.7 Å². The summed E-state index contributed by atoms with van der Waals surface area (Å²) >= 11 is 0. The zero-order valence-electron chi connectivity index (χ0n) is 11.6. The number of nitrogens with one attached hydrogen (secondary N) is 2. The highest BCUT2D eigenvalue weighted by atomic mass is 32.2. The normalized spacial score (nSPS) is 13.2. The van der Waals surface area contributed by atoms with Crippen LogP contribution in [-0.4, -0.2) is 18.6 Å². The zero-order chi connectivity index (χ0) is 14.9. The van der Waals surface area contributed by atoms with Gasteiger partial charge < -0.3 is 5.73 Å². The van der Waals surface area contributed by atoms with E-state index in [4.69, 9.17) is 5.73 Å². The second kappa shape index (κ2) is 5.26. The highest BCUT2D eigenvalue weighted by Gasteiger charge is 2.18. The minimum atomic E-state index is -3.62. The van der Waals surface area contributed by atoms with Crippen LogP contribution in [0.5, 0.6) is 0 Å². The molecule has 2 aromatic rings. The topological polar surface area (TPSA) is 101 Å². The summed E-state index contributed by atoms with van der Waals surface area (Å²) in [6.07, 6.45) is 0. The number of aromatic amines is 1. The summed E-state index contributed by atoms with van der Waals surface area (Å²) in [5.74, 6) is 0. The molecule has 7 heteroatoms. The van der Waals surface area contributed by atoms with Gasteiger partial charge in [0.15, 0.2) is 0 Å². The highest BCUT2D eigenvalue weighted by Crippen LogP contribution is 2.22. The Morgan fingerprint density at radius 2 is 1.85 bits per heavy atom. The molecule has 0 fully saturated rings. The van der Waals surface area contributed by atoms with Crippen molar-refractivity contribution in [3.8, 4) is 0 Å². The van der Waals surface area contributed by atoms with E-state index in [0.29, 0.717) is 17.1 Å². The number of aryl methyl sites for hydroxylation is 2. The van der Waals surface area contributed by atoms with Crippen LogP contribution >= 0.6 is 0 Å². The van der Waals surface area contributed by atoms with E-state index in [2.05, 4.69) is 14.9 Å². The molecular formula is C13H18N4O2S. The maximum Gasteiger partial charge on any atom is 0.262 e. The second-order valence-electron chi connectivity index (χ2n) is 4.77. The van der Waals surface area contributed by atoms with Crippen LogP contribution in [0.25, 0.3) is 0 Å². The highest BCUT2D eigenvalue weighted by molar-refractivity contribution is 7.92. The smallest absolute Gasteiger partial charge is 0.262 e. The van der Waals surface area contributed by atoms with Gasteiger partial charge in [-0.2, -0.15) is 5.10 Å². The van der Waals surface area contributed by atoms with Gasteiger partial charge in [-0.3, -0.25) is 9.82 Å². The zero-order valence-corrected chi connectivity index (χ0v) is 12.5. The third kappa shape index (κ3) is 2.83. The number of hydrogen-bond acceptors (Lipinski definition) is 4. The number of nitrogens with zero attached hydrogens (tertiary/aromatic N) is 1. The predicted octanol–water partition coefficient (Wildman–Crippen LogP) is 1.85. The van der Waals surface area contributed by atoms with Crippen molar-refractivity contribution in [3.63, 3.8) is 0 Å². The maximum atomic E-state index is 12.3. The van der Waals surface area contributed by atoms with Crippen molar-refractivity contribution in [1.82, 2.24) is 10.2 Å². The van der Waals surface area contributed by atoms with E-state index in [0.717, 1.165) is 5.56 Å². The molecule has 0 saturated heterocycles. The minimum Gasteiger partial charge on any atom is -0.324 e. The summed E-state index contributed by atoms with van der Waals surface area (Å²) in [6.45, 7) is 5.34. The lowest BCUT2D eigenvalue weighted by Gasteiger charge is -2.10. The van der Waals surface area contributed by atoms with Crippen LogP contribution in [0.1, 0.15) is 29.9 Å². The molecule has 1 atom stereocenters. The monoisotopic (exact) mass is 294 g/mol. The summed E-state index contributed by atoms with van der Waals surface area (Å²) in [5.41, 5.74) is 8.41. The Balaban J connectivity index is 2.31. The third-order valence-electron chi connectivity index (χ3n) is 3.08. The molecule has 4 N–H and O–H groups in total. The fraction of sp³-hybridized carbons (Fsp3) is 0.308. The predicted molar refractivity (Wildman–Crippen MR) is 77.9 cm³/mol. The van der Waals surface area contributed by atoms with Gasteiger partial charge in [0.1, 0.15) is 0 Å². The second-order valence-corrected chi connectivity index (χ2v) is 6.45. The molecule has 0 spiro atoms. The molecule has 1 heterocycles. The summed E-state index contributed by atoms with van der Waals surface area (Å²) in [6, 6.07) is 6.40. The Kier molecular flexibility index (Phi) is 3.82. The van der Waals surface area contributed by atoms with Crippen LogP contribution in [0.3, 0.4) is 0 Å². The van der Waals surface area contributed by atoms with Gasteiger partial charge in [-0.15, -0.1) is 0 Å². The molecule has 0 amide bonds. The van der Waals surface area contributed by atoms with Gasteiger partial charge in [-0.1, -0.05) is 12.1 Å². The first kappa shape index (κ1) is 14.5. The Morgan fingerprint density at radius 1 is 1.25 bits per heavy atom. The number of nitrogens with two attached hydrogens (primary N) is 1. The molecule has 0 aliphatic rings. The number of benzene rings is 1. The Morgan fingerprint density at radius 3 is 2.30 bits per heavy atom. The van der Waals surface area contributed by atoms with Crippen LogP contribution in [0.4, 0.5) is 5.69 Å². The lowest BCUT2D eigenvalue weighted by molar-refractivity contribution is 0.601. The number of rotatable bonds is 4. The first-order chi connectivity index (χ1) is 9.31. The molecule has 0 bridgehead atoms. The lowest BCUT2D eigenvalue weighted by atomic mass is 10.1. The average molecular weight is 294 g/mol. The van der Waals surface area contributed by atoms with Gasteiger partial charge >= 0.3 is 0 Å². The number of hydrogen-bond donors (Lipinski definition) is 3. The van der Waals surface area contributed by atoms with Crippen LogP contribution in [-0.2, 0) is 10.0 Å². The van der Waals surface area contributed by atoms with E-state index in [1.165, 1.54) is 0 Å². The molecular weight excluding hydrogens is 276 g/mol. The average Bonchev–Trinajstić information content (AvgIpc) is 2.70. The van der Waals surface area contributed by atoms with Crippen LogP contribution < -0.4 is 10.5 Å². The summed E-state index contributed by atoms with van der Waals surface area (Å²) in [7, 11) is -3.62. The summed E-state index contributed by atoms with van der Waals surface area (Å²) in [4.78, 5) is 0.196. The van der Waals surface area contributed by atoms with E-state index in [-0.39, 0.29) is 10.9 Å². The van der Waals surface area contributed by atoms with Crippen molar-refractivity contribution in [2.24, 2.45) is 5.73 Å². The first-order valence-electron chi connectivity index (χ1n) is 6.21. The molecule has 20 heavy (non-hydrogen) atoms. The van der Waals surface area contributed by atoms with Crippen molar-refractivity contribution in [2.75, 3.05) is 4.72 Å². The van der Waals surface area contributed by atoms with Gasteiger partial charge in [0, 0.05) is 6.04 Å². The quantitative estimate of drug-likeness (QED) is 0.801. The van der Waals surface area contributed by atoms with Gasteiger partial charge in [0.25, 0.3) is 10.0 Å². The maximum absolute atomic E-state index is 12.3. The van der Waals surface area contributed by atoms with E-state index >= 15 is 0 Å². The molecule has 0 radical (unpaired) electrons. The Hall–Kier alpha value is -1.86. The van der Waals surface area contributed by atoms with Gasteiger partial charge in [0.2, 0.25) is 0 Å². The van der Waals surface area contributed by atoms with E-state index in [9.17, 15) is 8.42 Å². The van der Waals surface area contributed by atoms with E-state index < -0.39 is 10.0 Å². The number of sulfonamides is 1.